The van der Waals surface area contributed by atoms with E-state index in [1.54, 1.807) is 6.07 Å². The molecule has 0 atom stereocenters. The molecule has 28 heavy (non-hydrogen) atoms. The van der Waals surface area contributed by atoms with E-state index in [1.165, 1.54) is 29.5 Å². The summed E-state index contributed by atoms with van der Waals surface area (Å²) >= 11 is 4.66. The number of anilines is 1. The minimum atomic E-state index is -0.785. The Bertz CT molecular complexity index is 995. The molecule has 0 radical (unpaired) electrons. The van der Waals surface area contributed by atoms with Crippen molar-refractivity contribution >= 4 is 44.3 Å². The first kappa shape index (κ1) is 20.0. The van der Waals surface area contributed by atoms with Gasteiger partial charge in [0.05, 0.1) is 5.69 Å². The second-order valence-corrected chi connectivity index (χ2v) is 7.25. The first-order valence-electron chi connectivity index (χ1n) is 8.05. The number of nitrogens with one attached hydrogen (secondary N) is 1. The number of carbonyl (C=O) groups is 2. The van der Waals surface area contributed by atoms with Gasteiger partial charge in [0.25, 0.3) is 5.91 Å². The lowest BCUT2D eigenvalue weighted by Gasteiger charge is -2.07. The van der Waals surface area contributed by atoms with Gasteiger partial charge < -0.3 is 9.47 Å². The van der Waals surface area contributed by atoms with E-state index in [-0.39, 0.29) is 5.75 Å². The Morgan fingerprint density at radius 3 is 2.75 bits per heavy atom. The molecule has 1 N–H and O–H groups in total. The molecular formula is C19H14BrFN2O4S. The number of halogens is 2. The SMILES string of the molecule is O=C(COC(=O)COc1ccccc1F)Nc1nc(-c2cccc(Br)c2)cs1. The maximum atomic E-state index is 13.4. The summed E-state index contributed by atoms with van der Waals surface area (Å²) < 4.78 is 24.2. The Labute approximate surface area is 172 Å². The molecule has 2 aromatic carbocycles. The molecular weight excluding hydrogens is 451 g/mol. The standard InChI is InChI=1S/C19H14BrFN2O4S/c20-13-5-3-4-12(8-13)15-11-28-19(22-15)23-17(24)9-27-18(25)10-26-16-7-2-1-6-14(16)21/h1-8,11H,9-10H2,(H,22,23,24). The lowest BCUT2D eigenvalue weighted by molar-refractivity contribution is -0.149. The number of aromatic nitrogens is 1. The van der Waals surface area contributed by atoms with Crippen LogP contribution in [0.25, 0.3) is 11.3 Å². The quantitative estimate of drug-likeness (QED) is 0.528. The molecule has 6 nitrogen and oxygen atoms in total. The maximum Gasteiger partial charge on any atom is 0.344 e. The second-order valence-electron chi connectivity index (χ2n) is 5.48. The molecule has 0 bridgehead atoms. The van der Waals surface area contributed by atoms with Gasteiger partial charge in [-0.3, -0.25) is 10.1 Å². The van der Waals surface area contributed by atoms with Gasteiger partial charge in [0.1, 0.15) is 0 Å². The zero-order chi connectivity index (χ0) is 19.9. The van der Waals surface area contributed by atoms with Crippen LogP contribution in [0.3, 0.4) is 0 Å². The molecule has 144 valence electrons. The minimum Gasteiger partial charge on any atom is -0.479 e. The van der Waals surface area contributed by atoms with Crippen molar-refractivity contribution in [3.05, 3.63) is 64.2 Å². The van der Waals surface area contributed by atoms with Crippen LogP contribution in [0.4, 0.5) is 9.52 Å². The summed E-state index contributed by atoms with van der Waals surface area (Å²) in [6.07, 6.45) is 0. The summed E-state index contributed by atoms with van der Waals surface area (Å²) in [5, 5.41) is 4.76. The Morgan fingerprint density at radius 1 is 1.14 bits per heavy atom. The van der Waals surface area contributed by atoms with E-state index in [9.17, 15) is 14.0 Å². The third-order valence-corrected chi connectivity index (χ3v) is 4.67. The van der Waals surface area contributed by atoms with Crippen LogP contribution in [0.5, 0.6) is 5.75 Å². The number of ether oxygens (including phenoxy) is 2. The average Bonchev–Trinajstić information content (AvgIpc) is 3.14. The summed E-state index contributed by atoms with van der Waals surface area (Å²) in [5.74, 6) is -1.97. The van der Waals surface area contributed by atoms with Crippen LogP contribution in [0.1, 0.15) is 0 Å². The van der Waals surface area contributed by atoms with Gasteiger partial charge in [-0.25, -0.2) is 14.2 Å². The number of amides is 1. The molecule has 1 heterocycles. The lowest BCUT2D eigenvalue weighted by atomic mass is 10.2. The topological polar surface area (TPSA) is 77.5 Å². The molecule has 0 aliphatic rings. The molecule has 1 amide bonds. The minimum absolute atomic E-state index is 0.0632. The van der Waals surface area contributed by atoms with Crippen molar-refractivity contribution in [2.45, 2.75) is 0 Å². The van der Waals surface area contributed by atoms with Gasteiger partial charge >= 0.3 is 5.97 Å². The fourth-order valence-corrected chi connectivity index (χ4v) is 3.29. The lowest BCUT2D eigenvalue weighted by Crippen LogP contribution is -2.23. The number of para-hydroxylation sites is 1. The molecule has 0 aliphatic heterocycles. The Balaban J connectivity index is 1.45. The first-order chi connectivity index (χ1) is 13.5. The van der Waals surface area contributed by atoms with E-state index in [0.717, 1.165) is 15.7 Å². The van der Waals surface area contributed by atoms with E-state index >= 15 is 0 Å². The zero-order valence-electron chi connectivity index (χ0n) is 14.4. The van der Waals surface area contributed by atoms with Crippen LogP contribution in [-0.4, -0.2) is 30.1 Å². The van der Waals surface area contributed by atoms with E-state index in [2.05, 4.69) is 26.2 Å². The van der Waals surface area contributed by atoms with Crippen LogP contribution in [-0.2, 0) is 14.3 Å². The highest BCUT2D eigenvalue weighted by Crippen LogP contribution is 2.26. The van der Waals surface area contributed by atoms with Crippen LogP contribution in [0.15, 0.2) is 58.4 Å². The third kappa shape index (κ3) is 5.61. The number of rotatable bonds is 7. The van der Waals surface area contributed by atoms with E-state index in [0.29, 0.717) is 5.13 Å². The van der Waals surface area contributed by atoms with Crippen molar-refractivity contribution in [1.29, 1.82) is 0 Å². The van der Waals surface area contributed by atoms with Crippen molar-refractivity contribution < 1.29 is 23.5 Å². The summed E-state index contributed by atoms with van der Waals surface area (Å²) in [6.45, 7) is -0.996. The Kier molecular flexibility index (Phi) is 6.72. The molecule has 9 heteroatoms. The highest BCUT2D eigenvalue weighted by Gasteiger charge is 2.12. The molecule has 0 spiro atoms. The first-order valence-corrected chi connectivity index (χ1v) is 9.73. The Morgan fingerprint density at radius 2 is 1.96 bits per heavy atom. The van der Waals surface area contributed by atoms with Crippen LogP contribution in [0, 0.1) is 5.82 Å². The molecule has 0 aliphatic carbocycles. The number of nitrogens with zero attached hydrogens (tertiary/aromatic N) is 1. The smallest absolute Gasteiger partial charge is 0.344 e. The van der Waals surface area contributed by atoms with Crippen molar-refractivity contribution in [3.8, 4) is 17.0 Å². The molecule has 0 unspecified atom stereocenters. The van der Waals surface area contributed by atoms with E-state index in [4.69, 9.17) is 9.47 Å². The second kappa shape index (κ2) is 9.43. The molecule has 0 saturated carbocycles. The highest BCUT2D eigenvalue weighted by atomic mass is 79.9. The van der Waals surface area contributed by atoms with Crippen molar-refractivity contribution in [3.63, 3.8) is 0 Å². The number of thiazole rings is 1. The largest absolute Gasteiger partial charge is 0.479 e. The summed E-state index contributed by atoms with van der Waals surface area (Å²) in [6, 6.07) is 13.3. The predicted molar refractivity (Wildman–Crippen MR) is 107 cm³/mol. The number of benzene rings is 2. The van der Waals surface area contributed by atoms with Gasteiger partial charge in [-0.2, -0.15) is 0 Å². The molecule has 0 saturated heterocycles. The fourth-order valence-electron chi connectivity index (χ4n) is 2.15. The van der Waals surface area contributed by atoms with Gasteiger partial charge in [0.15, 0.2) is 29.9 Å². The highest BCUT2D eigenvalue weighted by molar-refractivity contribution is 9.10. The number of esters is 1. The van der Waals surface area contributed by atoms with E-state index in [1.807, 2.05) is 29.6 Å². The van der Waals surface area contributed by atoms with Crippen LogP contribution < -0.4 is 10.1 Å². The Hall–Kier alpha value is -2.78. The van der Waals surface area contributed by atoms with Gasteiger partial charge in [0, 0.05) is 15.4 Å². The normalized spacial score (nSPS) is 10.4. The van der Waals surface area contributed by atoms with Crippen LogP contribution >= 0.6 is 27.3 Å². The van der Waals surface area contributed by atoms with Gasteiger partial charge in [-0.15, -0.1) is 11.3 Å². The molecule has 1 aromatic heterocycles. The third-order valence-electron chi connectivity index (χ3n) is 3.42. The zero-order valence-corrected chi connectivity index (χ0v) is 16.8. The van der Waals surface area contributed by atoms with Crippen molar-refractivity contribution in [2.24, 2.45) is 0 Å². The van der Waals surface area contributed by atoms with Crippen molar-refractivity contribution in [1.82, 2.24) is 4.98 Å². The average molecular weight is 465 g/mol. The predicted octanol–water partition coefficient (Wildman–Crippen LogP) is 4.27. The molecule has 0 fully saturated rings. The summed E-state index contributed by atoms with van der Waals surface area (Å²) in [7, 11) is 0. The monoisotopic (exact) mass is 464 g/mol. The number of hydrogen-bond donors (Lipinski definition) is 1. The van der Waals surface area contributed by atoms with Crippen LogP contribution in [0.2, 0.25) is 0 Å². The number of carbonyl (C=O) groups excluding carboxylic acids is 2. The van der Waals surface area contributed by atoms with Crippen molar-refractivity contribution in [2.75, 3.05) is 18.5 Å². The van der Waals surface area contributed by atoms with Gasteiger partial charge in [-0.05, 0) is 24.3 Å². The number of hydrogen-bond acceptors (Lipinski definition) is 6. The fraction of sp³-hybridized carbons (Fsp3) is 0.105. The molecule has 3 aromatic rings. The van der Waals surface area contributed by atoms with Gasteiger partial charge in [-0.1, -0.05) is 40.2 Å². The maximum absolute atomic E-state index is 13.4. The van der Waals surface area contributed by atoms with E-state index < -0.39 is 30.9 Å². The van der Waals surface area contributed by atoms with Gasteiger partial charge in [0.2, 0.25) is 0 Å². The summed E-state index contributed by atoms with van der Waals surface area (Å²) in [4.78, 5) is 27.9. The summed E-state index contributed by atoms with van der Waals surface area (Å²) in [5.41, 5.74) is 1.62. The molecule has 3 rings (SSSR count).